The zero-order valence-corrected chi connectivity index (χ0v) is 18.1. The van der Waals surface area contributed by atoms with Gasteiger partial charge in [0.25, 0.3) is 0 Å². The first kappa shape index (κ1) is 23.3. The molecule has 1 aliphatic carbocycles. The van der Waals surface area contributed by atoms with E-state index in [2.05, 4.69) is 21.0 Å². The number of H-pyrrole nitrogens is 1. The van der Waals surface area contributed by atoms with Crippen LogP contribution in [0.5, 0.6) is 0 Å². The molecule has 4 rings (SSSR count). The maximum absolute atomic E-state index is 6.80. The summed E-state index contributed by atoms with van der Waals surface area (Å²) in [4.78, 5) is 14.5. The van der Waals surface area contributed by atoms with Crippen molar-refractivity contribution in [1.82, 2.24) is 19.9 Å². The highest BCUT2D eigenvalue weighted by Gasteiger charge is 2.38. The molecule has 0 unspecified atom stereocenters. The van der Waals surface area contributed by atoms with Gasteiger partial charge in [-0.1, -0.05) is 17.0 Å². The number of fused-ring (bicyclic) bond motifs is 2. The molecule has 0 bridgehead atoms. The van der Waals surface area contributed by atoms with Crippen LogP contribution >= 0.6 is 0 Å². The Morgan fingerprint density at radius 2 is 1.84 bits per heavy atom. The van der Waals surface area contributed by atoms with Gasteiger partial charge >= 0.3 is 0 Å². The lowest BCUT2D eigenvalue weighted by Gasteiger charge is -2.45. The van der Waals surface area contributed by atoms with Gasteiger partial charge in [0, 0.05) is 11.5 Å². The first-order valence-electron chi connectivity index (χ1n) is 10.9. The number of imidazole rings is 1. The van der Waals surface area contributed by atoms with Gasteiger partial charge in [0.15, 0.2) is 0 Å². The minimum absolute atomic E-state index is 0.0641. The molecule has 5 nitrogen and oxygen atoms in total. The molecule has 0 saturated heterocycles. The van der Waals surface area contributed by atoms with Gasteiger partial charge < -0.3 is 10.7 Å². The van der Waals surface area contributed by atoms with E-state index in [0.29, 0.717) is 29.9 Å². The van der Waals surface area contributed by atoms with E-state index in [4.69, 9.17) is 52.8 Å². The van der Waals surface area contributed by atoms with E-state index in [1.807, 2.05) is 11.0 Å². The van der Waals surface area contributed by atoms with Gasteiger partial charge in [0.1, 0.15) is 37.2 Å². The smallest absolute Gasteiger partial charge is 0.116 e. The third-order valence-electron chi connectivity index (χ3n) is 6.35. The van der Waals surface area contributed by atoms with E-state index in [9.17, 15) is 0 Å². The zero-order valence-electron chi connectivity index (χ0n) is 18.1. The number of hydrogen-bond acceptors (Lipinski definition) is 4. The van der Waals surface area contributed by atoms with Crippen LogP contribution in [0.1, 0.15) is 48.8 Å². The molecule has 0 fully saturated rings. The molecule has 148 valence electrons. The number of benzene rings is 1. The van der Waals surface area contributed by atoms with Crippen molar-refractivity contribution in [3.05, 3.63) is 35.4 Å². The van der Waals surface area contributed by atoms with Crippen LogP contribution in [0, 0.1) is 0 Å². The Morgan fingerprint density at radius 3 is 2.59 bits per heavy atom. The van der Waals surface area contributed by atoms with Crippen molar-refractivity contribution < 1.29 is 0 Å². The Labute approximate surface area is 197 Å². The highest BCUT2D eigenvalue weighted by Crippen LogP contribution is 2.38. The summed E-state index contributed by atoms with van der Waals surface area (Å²) in [6.07, 6.45) is 6.36. The molecule has 3 aromatic rings. The standard InChI is InChI=1S/C21H21B6N5/c22-13-14(23)16(25)19-18(15(13)24)30-20(31-19)21(26,27)32(10-2-1-8-28)12-7-3-5-11-6-4-9-29-17(11)12/h4,6,9,12H,1-3,5,7-8,10,28H2,(H,30,31)/t12-/m0/s1. The number of pyridine rings is 1. The predicted octanol–water partition coefficient (Wildman–Crippen LogP) is -2.30. The zero-order chi connectivity index (χ0) is 23.0. The Hall–Kier alpha value is -1.85. The van der Waals surface area contributed by atoms with E-state index < -0.39 is 5.34 Å². The van der Waals surface area contributed by atoms with Crippen LogP contribution in [-0.4, -0.2) is 80.0 Å². The van der Waals surface area contributed by atoms with Crippen LogP contribution < -0.4 is 27.6 Å². The molecule has 0 spiro atoms. The van der Waals surface area contributed by atoms with Gasteiger partial charge in [0.2, 0.25) is 0 Å². The summed E-state index contributed by atoms with van der Waals surface area (Å²) < 4.78 is 0. The highest BCUT2D eigenvalue weighted by atomic mass is 15.2. The number of aromatic nitrogens is 3. The second kappa shape index (κ2) is 9.18. The van der Waals surface area contributed by atoms with Gasteiger partial charge in [-0.05, 0) is 56.8 Å². The largest absolute Gasteiger partial charge is 0.342 e. The number of aryl methyl sites for hydroxylation is 1. The van der Waals surface area contributed by atoms with E-state index in [1.54, 1.807) is 6.20 Å². The molecule has 0 saturated carbocycles. The van der Waals surface area contributed by atoms with E-state index in [0.717, 1.165) is 37.8 Å². The van der Waals surface area contributed by atoms with E-state index in [1.165, 1.54) is 5.56 Å². The minimum atomic E-state index is -1.45. The maximum Gasteiger partial charge on any atom is 0.116 e. The van der Waals surface area contributed by atoms with Crippen molar-refractivity contribution in [2.75, 3.05) is 13.1 Å². The average Bonchev–Trinajstić information content (AvgIpc) is 3.25. The maximum atomic E-state index is 6.80. The fourth-order valence-corrected chi connectivity index (χ4v) is 4.55. The fourth-order valence-electron chi connectivity index (χ4n) is 4.55. The summed E-state index contributed by atoms with van der Waals surface area (Å²) in [6.45, 7) is 1.21. The molecule has 0 aliphatic heterocycles. The van der Waals surface area contributed by atoms with Crippen molar-refractivity contribution in [2.24, 2.45) is 5.73 Å². The summed E-state index contributed by atoms with van der Waals surface area (Å²) >= 11 is 0. The number of hydrogen-bond donors (Lipinski definition) is 2. The monoisotopic (exact) mass is 409 g/mol. The number of nitrogens with two attached hydrogens (primary N) is 1. The first-order chi connectivity index (χ1) is 15.3. The molecule has 11 heteroatoms. The molecule has 12 radical (unpaired) electrons. The number of nitrogens with zero attached hydrogens (tertiary/aromatic N) is 3. The first-order valence-corrected chi connectivity index (χ1v) is 10.9. The van der Waals surface area contributed by atoms with Gasteiger partial charge in [-0.15, -0.1) is 10.9 Å². The number of unbranched alkanes of at least 4 members (excludes halogenated alkanes) is 1. The van der Waals surface area contributed by atoms with Gasteiger partial charge in [-0.25, -0.2) is 4.98 Å². The summed E-state index contributed by atoms with van der Waals surface area (Å²) in [5.41, 5.74) is 9.71. The van der Waals surface area contributed by atoms with Gasteiger partial charge in [0.05, 0.1) is 38.5 Å². The molecular weight excluding hydrogens is 387 g/mol. The van der Waals surface area contributed by atoms with Gasteiger partial charge in [-0.2, -0.15) is 0 Å². The SMILES string of the molecule is [B]c1c([B])c([B])c2[nH]c(C([B])([B])N(CCCCN)[C@H]3CCCc4cccnc43)nc2c1[B]. The fraction of sp³-hybridized carbons (Fsp3) is 0.429. The van der Waals surface area contributed by atoms with E-state index in [-0.39, 0.29) is 27.9 Å². The molecule has 2 heterocycles. The highest BCUT2D eigenvalue weighted by molar-refractivity contribution is 6.66. The van der Waals surface area contributed by atoms with Crippen molar-refractivity contribution in [1.29, 1.82) is 0 Å². The van der Waals surface area contributed by atoms with Crippen LogP contribution in [0.4, 0.5) is 0 Å². The Morgan fingerprint density at radius 1 is 1.09 bits per heavy atom. The van der Waals surface area contributed by atoms with Crippen LogP contribution in [0.25, 0.3) is 11.0 Å². The molecule has 32 heavy (non-hydrogen) atoms. The molecular formula is C21H21B6N5. The summed E-state index contributed by atoms with van der Waals surface area (Å²) in [5, 5.41) is -1.45. The van der Waals surface area contributed by atoms with Crippen LogP contribution in [0.2, 0.25) is 0 Å². The second-order valence-electron chi connectivity index (χ2n) is 8.43. The lowest BCUT2D eigenvalue weighted by atomic mass is 9.59. The molecule has 0 amide bonds. The van der Waals surface area contributed by atoms with Crippen molar-refractivity contribution in [2.45, 2.75) is 43.5 Å². The molecule has 1 aliphatic rings. The van der Waals surface area contributed by atoms with Crippen molar-refractivity contribution in [3.63, 3.8) is 0 Å². The Balaban J connectivity index is 1.81. The lowest BCUT2D eigenvalue weighted by Crippen LogP contribution is -2.51. The second-order valence-corrected chi connectivity index (χ2v) is 8.43. The molecule has 1 aromatic carbocycles. The topological polar surface area (TPSA) is 70.8 Å². The normalized spacial score (nSPS) is 16.5. The summed E-state index contributed by atoms with van der Waals surface area (Å²) in [5.74, 6) is 0.326. The quantitative estimate of drug-likeness (QED) is 0.341. The summed E-state index contributed by atoms with van der Waals surface area (Å²) in [7, 11) is 37.9. The minimum Gasteiger partial charge on any atom is -0.342 e. The molecule has 2 aromatic heterocycles. The number of nitrogens with one attached hydrogen (secondary N) is 1. The molecule has 1 atom stereocenters. The molecule has 3 N–H and O–H groups in total. The summed E-state index contributed by atoms with van der Waals surface area (Å²) in [6, 6.07) is 4.00. The van der Waals surface area contributed by atoms with Gasteiger partial charge in [-0.3, -0.25) is 9.88 Å². The Bertz CT molecular complexity index is 1090. The van der Waals surface area contributed by atoms with Crippen LogP contribution in [0.15, 0.2) is 18.3 Å². The average molecular weight is 408 g/mol. The van der Waals surface area contributed by atoms with Crippen molar-refractivity contribution in [3.8, 4) is 0 Å². The van der Waals surface area contributed by atoms with E-state index >= 15 is 0 Å². The van der Waals surface area contributed by atoms with Crippen LogP contribution in [-0.2, 0) is 11.8 Å². The third kappa shape index (κ3) is 3.99. The predicted molar refractivity (Wildman–Crippen MR) is 136 cm³/mol. The number of aromatic amines is 1. The number of rotatable bonds is 7. The third-order valence-corrected chi connectivity index (χ3v) is 6.35. The lowest BCUT2D eigenvalue weighted by molar-refractivity contribution is 0.127. The van der Waals surface area contributed by atoms with Crippen LogP contribution in [0.3, 0.4) is 0 Å². The Kier molecular flexibility index (Phi) is 6.69. The van der Waals surface area contributed by atoms with Crippen molar-refractivity contribution >= 4 is 80.0 Å².